The lowest BCUT2D eigenvalue weighted by Crippen LogP contribution is -2.17. The Hall–Kier alpha value is -5.11. The number of carbonyl (C=O) groups is 1. The van der Waals surface area contributed by atoms with Crippen molar-refractivity contribution in [3.63, 3.8) is 0 Å². The molecule has 1 atom stereocenters. The number of anilines is 2. The fourth-order valence-corrected chi connectivity index (χ4v) is 4.07. The zero-order chi connectivity index (χ0) is 27.7. The first-order valence-corrected chi connectivity index (χ1v) is 12.5. The molecule has 1 aromatic carbocycles. The molecule has 4 aromatic heterocycles. The van der Waals surface area contributed by atoms with Crippen molar-refractivity contribution in [3.8, 4) is 17.7 Å². The average Bonchev–Trinajstić information content (AvgIpc) is 3.52. The van der Waals surface area contributed by atoms with Crippen LogP contribution in [0.25, 0.3) is 22.7 Å². The van der Waals surface area contributed by atoms with E-state index in [4.69, 9.17) is 9.72 Å². The highest BCUT2D eigenvalue weighted by molar-refractivity contribution is 5.82. The molecule has 0 aliphatic rings. The van der Waals surface area contributed by atoms with Gasteiger partial charge in [-0.25, -0.2) is 14.6 Å². The summed E-state index contributed by atoms with van der Waals surface area (Å²) in [4.78, 5) is 21.8. The van der Waals surface area contributed by atoms with Gasteiger partial charge in [0.2, 0.25) is 0 Å². The molecular formula is C28H27N9O2. The Labute approximate surface area is 225 Å². The molecule has 1 N–H and O–H groups in total. The Morgan fingerprint density at radius 1 is 1.05 bits per heavy atom. The van der Waals surface area contributed by atoms with Crippen molar-refractivity contribution in [1.82, 2.24) is 34.5 Å². The van der Waals surface area contributed by atoms with Crippen molar-refractivity contribution in [2.45, 2.75) is 40.7 Å². The number of imidazole rings is 1. The molecule has 0 fully saturated rings. The van der Waals surface area contributed by atoms with Gasteiger partial charge < -0.3 is 10.1 Å². The fourth-order valence-electron chi connectivity index (χ4n) is 4.07. The Kier molecular flexibility index (Phi) is 6.77. The molecule has 0 radical (unpaired) electrons. The predicted octanol–water partition coefficient (Wildman–Crippen LogP) is 4.89. The summed E-state index contributed by atoms with van der Waals surface area (Å²) in [5.74, 6) is 1.12. The second-order valence-electron chi connectivity index (χ2n) is 9.51. The van der Waals surface area contributed by atoms with Crippen LogP contribution in [0.4, 0.5) is 11.5 Å². The van der Waals surface area contributed by atoms with Gasteiger partial charge in [0.25, 0.3) is 0 Å². The first-order chi connectivity index (χ1) is 18.7. The highest BCUT2D eigenvalue weighted by Crippen LogP contribution is 2.28. The zero-order valence-electron chi connectivity index (χ0n) is 22.2. The van der Waals surface area contributed by atoms with Gasteiger partial charge in [-0.05, 0) is 69.3 Å². The first-order valence-electron chi connectivity index (χ1n) is 12.5. The summed E-state index contributed by atoms with van der Waals surface area (Å²) >= 11 is 0. The summed E-state index contributed by atoms with van der Waals surface area (Å²) in [5, 5.41) is 25.3. The third-order valence-corrected chi connectivity index (χ3v) is 6.16. The molecule has 0 saturated carbocycles. The fraction of sp³-hybridized carbons (Fsp3) is 0.250. The number of aromatic nitrogens is 7. The van der Waals surface area contributed by atoms with E-state index in [0.717, 1.165) is 28.1 Å². The predicted molar refractivity (Wildman–Crippen MR) is 145 cm³/mol. The van der Waals surface area contributed by atoms with Crippen LogP contribution in [-0.4, -0.2) is 40.5 Å². The molecule has 11 nitrogen and oxygen atoms in total. The number of rotatable bonds is 7. The molecule has 0 bridgehead atoms. The summed E-state index contributed by atoms with van der Waals surface area (Å²) in [6.45, 7) is 9.09. The van der Waals surface area contributed by atoms with Crippen molar-refractivity contribution in [2.75, 3.05) is 5.32 Å². The maximum absolute atomic E-state index is 12.3. The lowest BCUT2D eigenvalue weighted by atomic mass is 10.1. The third kappa shape index (κ3) is 5.17. The van der Waals surface area contributed by atoms with Crippen LogP contribution in [0.5, 0.6) is 0 Å². The highest BCUT2D eigenvalue weighted by atomic mass is 16.5. The number of benzene rings is 1. The second-order valence-corrected chi connectivity index (χ2v) is 9.51. The molecule has 5 rings (SSSR count). The maximum Gasteiger partial charge on any atom is 0.308 e. The van der Waals surface area contributed by atoms with Crippen LogP contribution >= 0.6 is 0 Å². The molecule has 0 spiro atoms. The number of aryl methyl sites for hydroxylation is 2. The number of nitriles is 1. The summed E-state index contributed by atoms with van der Waals surface area (Å²) < 4.78 is 9.15. The molecule has 11 heteroatoms. The molecule has 0 amide bonds. The van der Waals surface area contributed by atoms with E-state index in [9.17, 15) is 10.1 Å². The van der Waals surface area contributed by atoms with E-state index < -0.39 is 6.10 Å². The van der Waals surface area contributed by atoms with Gasteiger partial charge in [0.05, 0.1) is 22.6 Å². The molecule has 0 unspecified atom stereocenters. The number of esters is 1. The van der Waals surface area contributed by atoms with Crippen molar-refractivity contribution in [3.05, 3.63) is 77.5 Å². The number of ether oxygens (including phenoxy) is 1. The minimum absolute atomic E-state index is 0.267. The van der Waals surface area contributed by atoms with E-state index in [2.05, 4.69) is 31.7 Å². The Morgan fingerprint density at radius 3 is 2.56 bits per heavy atom. The lowest BCUT2D eigenvalue weighted by Gasteiger charge is -2.19. The first kappa shape index (κ1) is 25.5. The molecule has 0 aliphatic heterocycles. The zero-order valence-corrected chi connectivity index (χ0v) is 22.2. The van der Waals surface area contributed by atoms with Crippen LogP contribution < -0.4 is 5.32 Å². The van der Waals surface area contributed by atoms with E-state index in [1.807, 2.05) is 60.9 Å². The van der Waals surface area contributed by atoms with E-state index in [1.54, 1.807) is 37.8 Å². The second kappa shape index (κ2) is 10.3. The minimum Gasteiger partial charge on any atom is -0.457 e. The van der Waals surface area contributed by atoms with Gasteiger partial charge in [-0.15, -0.1) is 5.10 Å². The standard InChI is InChI=1S/C28H27N9O2/c1-16(2)28(38)39-19(5)22-8-11-26(32-27(22)37-18(4)12-21(14-29)35-37)36-15-30-23-13-20(7-9-24(23)36)31-25-10-6-17(3)33-34-25/h6-13,15-16,19H,1-5H3,(H,31,34)/t19-/m0/s1. The van der Waals surface area contributed by atoms with E-state index >= 15 is 0 Å². The topological polar surface area (TPSA) is 136 Å². The Balaban J connectivity index is 1.54. The van der Waals surface area contributed by atoms with Crippen molar-refractivity contribution in [1.29, 1.82) is 5.26 Å². The van der Waals surface area contributed by atoms with Crippen molar-refractivity contribution < 1.29 is 9.53 Å². The van der Waals surface area contributed by atoms with E-state index in [1.165, 1.54) is 0 Å². The maximum atomic E-state index is 12.3. The number of carbonyl (C=O) groups excluding carboxylic acids is 1. The Morgan fingerprint density at radius 2 is 1.87 bits per heavy atom. The van der Waals surface area contributed by atoms with Crippen molar-refractivity contribution in [2.24, 2.45) is 5.92 Å². The summed E-state index contributed by atoms with van der Waals surface area (Å²) in [6.07, 6.45) is 1.12. The lowest BCUT2D eigenvalue weighted by molar-refractivity contribution is -0.152. The van der Waals surface area contributed by atoms with Gasteiger partial charge in [0.15, 0.2) is 17.3 Å². The van der Waals surface area contributed by atoms with Gasteiger partial charge in [0.1, 0.15) is 24.3 Å². The van der Waals surface area contributed by atoms with E-state index in [-0.39, 0.29) is 17.6 Å². The van der Waals surface area contributed by atoms with Gasteiger partial charge in [-0.3, -0.25) is 9.36 Å². The third-order valence-electron chi connectivity index (χ3n) is 6.16. The number of nitrogens with zero attached hydrogens (tertiary/aromatic N) is 8. The number of hydrogen-bond donors (Lipinski definition) is 1. The van der Waals surface area contributed by atoms with Crippen LogP contribution in [-0.2, 0) is 9.53 Å². The SMILES string of the molecule is Cc1ccc(Nc2ccc3c(c2)ncn3-c2ccc([C@H](C)OC(=O)C(C)C)c(-n3nc(C#N)cc3C)n2)nn1. The minimum atomic E-state index is -0.580. The Bertz CT molecular complexity index is 1710. The van der Waals surface area contributed by atoms with Crippen LogP contribution in [0, 0.1) is 31.1 Å². The molecule has 4 heterocycles. The summed E-state index contributed by atoms with van der Waals surface area (Å²) in [6, 6.07) is 17.0. The van der Waals surface area contributed by atoms with Gasteiger partial charge in [-0.2, -0.15) is 15.5 Å². The van der Waals surface area contributed by atoms with Gasteiger partial charge in [0, 0.05) is 16.9 Å². The largest absolute Gasteiger partial charge is 0.457 e. The van der Waals surface area contributed by atoms with Gasteiger partial charge in [-0.1, -0.05) is 13.8 Å². The van der Waals surface area contributed by atoms with Crippen LogP contribution in [0.2, 0.25) is 0 Å². The quantitative estimate of drug-likeness (QED) is 0.297. The molecule has 196 valence electrons. The number of fused-ring (bicyclic) bond motifs is 1. The highest BCUT2D eigenvalue weighted by Gasteiger charge is 2.22. The average molecular weight is 522 g/mol. The van der Waals surface area contributed by atoms with Crippen LogP contribution in [0.3, 0.4) is 0 Å². The van der Waals surface area contributed by atoms with Crippen LogP contribution in [0.15, 0.2) is 54.9 Å². The number of nitrogens with one attached hydrogen (secondary N) is 1. The number of pyridine rings is 1. The normalized spacial score (nSPS) is 11.9. The van der Waals surface area contributed by atoms with E-state index in [0.29, 0.717) is 23.0 Å². The monoisotopic (exact) mass is 521 g/mol. The molecule has 5 aromatic rings. The van der Waals surface area contributed by atoms with Crippen LogP contribution in [0.1, 0.15) is 49.5 Å². The molecule has 0 saturated heterocycles. The molecule has 0 aliphatic carbocycles. The summed E-state index contributed by atoms with van der Waals surface area (Å²) in [7, 11) is 0. The summed E-state index contributed by atoms with van der Waals surface area (Å²) in [5.41, 5.74) is 4.93. The molecular weight excluding hydrogens is 494 g/mol. The van der Waals surface area contributed by atoms with Gasteiger partial charge >= 0.3 is 5.97 Å². The smallest absolute Gasteiger partial charge is 0.308 e. The molecule has 39 heavy (non-hydrogen) atoms. The number of hydrogen-bond acceptors (Lipinski definition) is 9. The van der Waals surface area contributed by atoms with Crippen molar-refractivity contribution >= 4 is 28.5 Å².